The molecule has 0 amide bonds. The van der Waals surface area contributed by atoms with Gasteiger partial charge in [0.2, 0.25) is 0 Å². The lowest BCUT2D eigenvalue weighted by atomic mass is 10.3. The van der Waals surface area contributed by atoms with Crippen LogP contribution in [-0.4, -0.2) is 9.59 Å². The Kier molecular flexibility index (Phi) is 3.21. The van der Waals surface area contributed by atoms with Crippen LogP contribution in [0.15, 0.2) is 18.2 Å². The Balaban J connectivity index is 2.05. The largest absolute Gasteiger partial charge is 0.487 e. The van der Waals surface area contributed by atoms with E-state index >= 15 is 0 Å². The van der Waals surface area contributed by atoms with Crippen LogP contribution in [0.4, 0.5) is 9.39 Å². The predicted octanol–water partition coefficient (Wildman–Crippen LogP) is 2.49. The van der Waals surface area contributed by atoms with E-state index in [0.29, 0.717) is 16.4 Å². The third-order valence-corrected chi connectivity index (χ3v) is 2.75. The number of nitrogen functional groups attached to an aromatic ring is 1. The normalized spacial score (nSPS) is 10.4. The highest BCUT2D eigenvalue weighted by Gasteiger charge is 2.06. The van der Waals surface area contributed by atoms with Crippen LogP contribution in [0.3, 0.4) is 0 Å². The minimum absolute atomic E-state index is 0.0576. The van der Waals surface area contributed by atoms with Gasteiger partial charge in [-0.25, -0.2) is 4.39 Å². The molecule has 0 bridgehead atoms. The Morgan fingerprint density at radius 3 is 2.94 bits per heavy atom. The Morgan fingerprint density at radius 1 is 1.50 bits per heavy atom. The zero-order valence-electron chi connectivity index (χ0n) is 7.98. The molecular formula is C9H7ClFN3OS. The van der Waals surface area contributed by atoms with E-state index in [1.807, 2.05) is 0 Å². The van der Waals surface area contributed by atoms with Crippen molar-refractivity contribution in [2.24, 2.45) is 0 Å². The third kappa shape index (κ3) is 2.40. The smallest absolute Gasteiger partial charge is 0.145 e. The molecule has 84 valence electrons. The average molecular weight is 260 g/mol. The summed E-state index contributed by atoms with van der Waals surface area (Å²) in [6.45, 7) is 0.156. The summed E-state index contributed by atoms with van der Waals surface area (Å²) in [6, 6.07) is 4.20. The molecule has 1 aromatic heterocycles. The molecule has 4 nitrogen and oxygen atoms in total. The zero-order valence-corrected chi connectivity index (χ0v) is 9.56. The summed E-state index contributed by atoms with van der Waals surface area (Å²) in [7, 11) is 0. The van der Waals surface area contributed by atoms with E-state index in [4.69, 9.17) is 22.1 Å². The highest BCUT2D eigenvalue weighted by atomic mass is 35.5. The molecular weight excluding hydrogens is 253 g/mol. The molecule has 0 aliphatic heterocycles. The third-order valence-electron chi connectivity index (χ3n) is 1.85. The summed E-state index contributed by atoms with van der Waals surface area (Å²) in [5, 5.41) is 4.32. The van der Waals surface area contributed by atoms with Crippen LogP contribution in [-0.2, 0) is 6.61 Å². The van der Waals surface area contributed by atoms with Gasteiger partial charge in [-0.2, -0.15) is 0 Å². The van der Waals surface area contributed by atoms with Crippen LogP contribution in [0, 0.1) is 5.82 Å². The highest BCUT2D eigenvalue weighted by Crippen LogP contribution is 2.22. The number of hydrogen-bond acceptors (Lipinski definition) is 5. The topological polar surface area (TPSA) is 61.0 Å². The summed E-state index contributed by atoms with van der Waals surface area (Å²) in [5.41, 5.74) is 6.12. The van der Waals surface area contributed by atoms with Gasteiger partial charge in [0, 0.05) is 17.6 Å². The van der Waals surface area contributed by atoms with Gasteiger partial charge in [0.25, 0.3) is 0 Å². The number of anilines is 1. The fourth-order valence-electron chi connectivity index (χ4n) is 1.03. The van der Waals surface area contributed by atoms with E-state index in [9.17, 15) is 4.39 Å². The summed E-state index contributed by atoms with van der Waals surface area (Å²) in [6.07, 6.45) is 0. The standard InChI is InChI=1S/C9H7ClFN3OS/c10-6-2-1-5(3-7(6)11)15-4-8-9(12)16-14-13-8/h1-3H,4,12H2. The van der Waals surface area contributed by atoms with Gasteiger partial charge in [-0.05, 0) is 12.1 Å². The molecule has 2 rings (SSSR count). The minimum atomic E-state index is -0.524. The Morgan fingerprint density at radius 2 is 2.31 bits per heavy atom. The van der Waals surface area contributed by atoms with Crippen molar-refractivity contribution in [3.63, 3.8) is 0 Å². The first-order chi connectivity index (χ1) is 7.66. The highest BCUT2D eigenvalue weighted by molar-refractivity contribution is 7.09. The fourth-order valence-corrected chi connectivity index (χ4v) is 1.58. The Labute approximate surface area is 100.0 Å². The predicted molar refractivity (Wildman–Crippen MR) is 60.1 cm³/mol. The molecule has 16 heavy (non-hydrogen) atoms. The van der Waals surface area contributed by atoms with Gasteiger partial charge in [-0.15, -0.1) is 5.10 Å². The van der Waals surface area contributed by atoms with Gasteiger partial charge >= 0.3 is 0 Å². The van der Waals surface area contributed by atoms with Crippen molar-refractivity contribution in [3.05, 3.63) is 34.7 Å². The molecule has 1 aromatic carbocycles. The first-order valence-corrected chi connectivity index (χ1v) is 5.46. The van der Waals surface area contributed by atoms with Gasteiger partial charge in [0.05, 0.1) is 5.02 Å². The van der Waals surface area contributed by atoms with Crippen molar-refractivity contribution < 1.29 is 9.13 Å². The van der Waals surface area contributed by atoms with Crippen molar-refractivity contribution in [1.82, 2.24) is 9.59 Å². The lowest BCUT2D eigenvalue weighted by Crippen LogP contribution is -1.99. The van der Waals surface area contributed by atoms with Gasteiger partial charge in [0.1, 0.15) is 28.9 Å². The van der Waals surface area contributed by atoms with Crippen molar-refractivity contribution in [3.8, 4) is 5.75 Å². The van der Waals surface area contributed by atoms with Crippen LogP contribution in [0.1, 0.15) is 5.69 Å². The summed E-state index contributed by atoms with van der Waals surface area (Å²) in [5.74, 6) is -0.155. The first-order valence-electron chi connectivity index (χ1n) is 4.31. The molecule has 0 unspecified atom stereocenters. The molecule has 7 heteroatoms. The number of ether oxygens (including phenoxy) is 1. The molecule has 0 aliphatic rings. The van der Waals surface area contributed by atoms with E-state index in [-0.39, 0.29) is 11.6 Å². The molecule has 1 heterocycles. The maximum atomic E-state index is 13.1. The van der Waals surface area contributed by atoms with Gasteiger partial charge in [-0.1, -0.05) is 16.1 Å². The summed E-state index contributed by atoms with van der Waals surface area (Å²) in [4.78, 5) is 0. The molecule has 0 radical (unpaired) electrons. The first kappa shape index (κ1) is 11.1. The molecule has 2 N–H and O–H groups in total. The number of halogens is 2. The number of aromatic nitrogens is 2. The van der Waals surface area contributed by atoms with E-state index < -0.39 is 5.82 Å². The molecule has 0 saturated carbocycles. The SMILES string of the molecule is Nc1snnc1COc1ccc(Cl)c(F)c1. The van der Waals surface area contributed by atoms with Crippen molar-refractivity contribution in [2.45, 2.75) is 6.61 Å². The lowest BCUT2D eigenvalue weighted by molar-refractivity contribution is 0.300. The van der Waals surface area contributed by atoms with Crippen LogP contribution < -0.4 is 10.5 Å². The molecule has 2 aromatic rings. The second kappa shape index (κ2) is 4.63. The number of benzene rings is 1. The zero-order chi connectivity index (χ0) is 11.5. The molecule has 0 spiro atoms. The van der Waals surface area contributed by atoms with Crippen molar-refractivity contribution in [1.29, 1.82) is 0 Å². The Hall–Kier alpha value is -1.40. The van der Waals surface area contributed by atoms with Crippen LogP contribution in [0.2, 0.25) is 5.02 Å². The summed E-state index contributed by atoms with van der Waals surface area (Å²) < 4.78 is 22.0. The van der Waals surface area contributed by atoms with Crippen LogP contribution >= 0.6 is 23.1 Å². The second-order valence-corrected chi connectivity index (χ2v) is 4.14. The molecule has 0 saturated heterocycles. The van der Waals surface area contributed by atoms with E-state index in [2.05, 4.69) is 9.59 Å². The number of nitrogens with zero attached hydrogens (tertiary/aromatic N) is 2. The van der Waals surface area contributed by atoms with Gasteiger partial charge < -0.3 is 10.5 Å². The fraction of sp³-hybridized carbons (Fsp3) is 0.111. The Bertz CT molecular complexity index is 505. The van der Waals surface area contributed by atoms with Crippen LogP contribution in [0.5, 0.6) is 5.75 Å². The maximum absolute atomic E-state index is 13.1. The minimum Gasteiger partial charge on any atom is -0.487 e. The van der Waals surface area contributed by atoms with Gasteiger partial charge in [0.15, 0.2) is 0 Å². The van der Waals surface area contributed by atoms with Crippen molar-refractivity contribution >= 4 is 28.1 Å². The van der Waals surface area contributed by atoms with E-state index in [1.54, 1.807) is 6.07 Å². The monoisotopic (exact) mass is 259 g/mol. The number of hydrogen-bond donors (Lipinski definition) is 1. The van der Waals surface area contributed by atoms with E-state index in [0.717, 1.165) is 11.5 Å². The van der Waals surface area contributed by atoms with Gasteiger partial charge in [-0.3, -0.25) is 0 Å². The summed E-state index contributed by atoms with van der Waals surface area (Å²) >= 11 is 6.62. The average Bonchev–Trinajstić information content (AvgIpc) is 2.66. The molecule has 0 aliphatic carbocycles. The van der Waals surface area contributed by atoms with Crippen molar-refractivity contribution in [2.75, 3.05) is 5.73 Å². The number of nitrogens with two attached hydrogens (primary N) is 1. The maximum Gasteiger partial charge on any atom is 0.145 e. The van der Waals surface area contributed by atoms with Crippen LogP contribution in [0.25, 0.3) is 0 Å². The quantitative estimate of drug-likeness (QED) is 0.920. The van der Waals surface area contributed by atoms with E-state index in [1.165, 1.54) is 12.1 Å². The lowest BCUT2D eigenvalue weighted by Gasteiger charge is -2.04. The number of rotatable bonds is 3. The molecule has 0 fully saturated rings. The molecule has 0 atom stereocenters. The second-order valence-electron chi connectivity index (χ2n) is 2.95.